The Labute approximate surface area is 215 Å². The number of aryl methyl sites for hydroxylation is 1. The molecule has 4 rings (SSSR count). The standard InChI is InChI=1S/C28H34F3N3O3/c1-17-11-23-22(12-18(17)13-24(35)36-6)33-25(32-19-7-9-21(10-8-19)37-28(29,30)31)34(23)20-14-26(2,3)16-27(4,5)15-20/h7-12,20H,13-16H2,1-6H3,(H,32,33). The molecule has 3 aromatic rings. The van der Waals surface area contributed by atoms with Crippen LogP contribution in [-0.4, -0.2) is 29.0 Å². The van der Waals surface area contributed by atoms with Crippen molar-refractivity contribution in [2.45, 2.75) is 72.7 Å². The Hall–Kier alpha value is -3.23. The topological polar surface area (TPSA) is 65.4 Å². The van der Waals surface area contributed by atoms with E-state index in [1.807, 2.05) is 13.0 Å². The van der Waals surface area contributed by atoms with Crippen LogP contribution in [0.2, 0.25) is 0 Å². The van der Waals surface area contributed by atoms with E-state index < -0.39 is 6.36 Å². The first-order valence-corrected chi connectivity index (χ1v) is 12.4. The van der Waals surface area contributed by atoms with E-state index >= 15 is 0 Å². The molecule has 0 bridgehead atoms. The Bertz CT molecular complexity index is 1280. The number of carbonyl (C=O) groups is 1. The second-order valence-electron chi connectivity index (χ2n) is 11.6. The molecule has 1 heterocycles. The average molecular weight is 518 g/mol. The molecule has 1 N–H and O–H groups in total. The summed E-state index contributed by atoms with van der Waals surface area (Å²) in [4.78, 5) is 16.8. The van der Waals surface area contributed by atoms with Crippen molar-refractivity contribution >= 4 is 28.6 Å². The summed E-state index contributed by atoms with van der Waals surface area (Å²) in [7, 11) is 1.37. The van der Waals surface area contributed by atoms with E-state index in [-0.39, 0.29) is 35.0 Å². The number of ether oxygens (including phenoxy) is 2. The highest BCUT2D eigenvalue weighted by Gasteiger charge is 2.40. The van der Waals surface area contributed by atoms with Gasteiger partial charge in [-0.05, 0) is 84.5 Å². The molecule has 0 saturated heterocycles. The number of nitrogens with zero attached hydrogens (tertiary/aromatic N) is 2. The lowest BCUT2D eigenvalue weighted by atomic mass is 9.63. The van der Waals surface area contributed by atoms with Gasteiger partial charge in [-0.1, -0.05) is 27.7 Å². The summed E-state index contributed by atoms with van der Waals surface area (Å²) >= 11 is 0. The van der Waals surface area contributed by atoms with Gasteiger partial charge in [0.05, 0.1) is 24.6 Å². The molecular weight excluding hydrogens is 483 g/mol. The van der Waals surface area contributed by atoms with Crippen LogP contribution in [0.3, 0.4) is 0 Å². The summed E-state index contributed by atoms with van der Waals surface area (Å²) in [6.07, 6.45) is -1.58. The summed E-state index contributed by atoms with van der Waals surface area (Å²) in [6.45, 7) is 11.1. The summed E-state index contributed by atoms with van der Waals surface area (Å²) < 4.78 is 48.8. The van der Waals surface area contributed by atoms with Crippen LogP contribution in [0, 0.1) is 17.8 Å². The lowest BCUT2D eigenvalue weighted by Gasteiger charge is -2.45. The summed E-state index contributed by atoms with van der Waals surface area (Å²) in [5, 5.41) is 3.32. The fourth-order valence-corrected chi connectivity index (χ4v) is 6.00. The van der Waals surface area contributed by atoms with Gasteiger partial charge in [0.1, 0.15) is 5.75 Å². The van der Waals surface area contributed by atoms with E-state index in [1.165, 1.54) is 31.4 Å². The van der Waals surface area contributed by atoms with Gasteiger partial charge in [0.25, 0.3) is 0 Å². The maximum Gasteiger partial charge on any atom is 0.573 e. The number of alkyl halides is 3. The second kappa shape index (κ2) is 9.58. The molecule has 9 heteroatoms. The number of hydrogen-bond donors (Lipinski definition) is 1. The predicted molar refractivity (Wildman–Crippen MR) is 137 cm³/mol. The molecule has 1 aliphatic carbocycles. The van der Waals surface area contributed by atoms with Gasteiger partial charge < -0.3 is 19.4 Å². The first-order chi connectivity index (χ1) is 17.1. The van der Waals surface area contributed by atoms with E-state index in [1.54, 1.807) is 0 Å². The molecule has 6 nitrogen and oxygen atoms in total. The van der Waals surface area contributed by atoms with Crippen molar-refractivity contribution in [1.82, 2.24) is 9.55 Å². The van der Waals surface area contributed by atoms with E-state index in [2.05, 4.69) is 48.4 Å². The predicted octanol–water partition coefficient (Wildman–Crippen LogP) is 7.48. The number of methoxy groups -OCH3 is 1. The van der Waals surface area contributed by atoms with Gasteiger partial charge >= 0.3 is 12.3 Å². The average Bonchev–Trinajstić information content (AvgIpc) is 3.08. The monoisotopic (exact) mass is 517 g/mol. The molecule has 1 aliphatic rings. The van der Waals surface area contributed by atoms with Gasteiger partial charge in [0.15, 0.2) is 0 Å². The molecular formula is C28H34F3N3O3. The molecule has 0 radical (unpaired) electrons. The van der Waals surface area contributed by atoms with Gasteiger partial charge in [-0.3, -0.25) is 4.79 Å². The maximum atomic E-state index is 12.6. The molecule has 1 fully saturated rings. The first-order valence-electron chi connectivity index (χ1n) is 12.4. The minimum Gasteiger partial charge on any atom is -0.469 e. The minimum absolute atomic E-state index is 0.122. The minimum atomic E-state index is -4.75. The number of imidazole rings is 1. The Morgan fingerprint density at radius 2 is 1.73 bits per heavy atom. The third-order valence-corrected chi connectivity index (χ3v) is 6.95. The lowest BCUT2D eigenvalue weighted by molar-refractivity contribution is -0.274. The normalized spacial score (nSPS) is 17.5. The molecule has 37 heavy (non-hydrogen) atoms. The van der Waals surface area contributed by atoms with Crippen LogP contribution in [0.15, 0.2) is 36.4 Å². The number of esters is 1. The van der Waals surface area contributed by atoms with Gasteiger partial charge in [-0.25, -0.2) is 4.98 Å². The molecule has 200 valence electrons. The fraction of sp³-hybridized carbons (Fsp3) is 0.500. The van der Waals surface area contributed by atoms with Crippen LogP contribution in [0.25, 0.3) is 11.0 Å². The van der Waals surface area contributed by atoms with Crippen LogP contribution < -0.4 is 10.1 Å². The molecule has 0 amide bonds. The summed E-state index contributed by atoms with van der Waals surface area (Å²) in [6, 6.07) is 9.75. The van der Waals surface area contributed by atoms with Gasteiger partial charge in [0.2, 0.25) is 5.95 Å². The van der Waals surface area contributed by atoms with Crippen molar-refractivity contribution in [3.05, 3.63) is 47.5 Å². The van der Waals surface area contributed by atoms with Crippen LogP contribution in [-0.2, 0) is 16.0 Å². The second-order valence-corrected chi connectivity index (χ2v) is 11.6. The number of halogens is 3. The number of carbonyl (C=O) groups excluding carboxylic acids is 1. The zero-order valence-electron chi connectivity index (χ0n) is 22.1. The van der Waals surface area contributed by atoms with Gasteiger partial charge in [0, 0.05) is 11.7 Å². The first kappa shape index (κ1) is 26.8. The number of aromatic nitrogens is 2. The maximum absolute atomic E-state index is 12.6. The van der Waals surface area contributed by atoms with Crippen molar-refractivity contribution in [3.8, 4) is 5.75 Å². The van der Waals surface area contributed by atoms with E-state index in [0.717, 1.165) is 41.4 Å². The third-order valence-electron chi connectivity index (χ3n) is 6.95. The van der Waals surface area contributed by atoms with E-state index in [9.17, 15) is 18.0 Å². The number of rotatable bonds is 6. The molecule has 0 unspecified atom stereocenters. The van der Waals surface area contributed by atoms with Crippen molar-refractivity contribution in [2.24, 2.45) is 10.8 Å². The zero-order chi connectivity index (χ0) is 27.2. The number of anilines is 2. The van der Waals surface area contributed by atoms with Gasteiger partial charge in [-0.2, -0.15) is 0 Å². The Morgan fingerprint density at radius 1 is 1.11 bits per heavy atom. The van der Waals surface area contributed by atoms with Crippen molar-refractivity contribution in [3.63, 3.8) is 0 Å². The van der Waals surface area contributed by atoms with Crippen LogP contribution in [0.5, 0.6) is 5.75 Å². The highest BCUT2D eigenvalue weighted by atomic mass is 19.4. The molecule has 0 aliphatic heterocycles. The lowest BCUT2D eigenvalue weighted by Crippen LogP contribution is -2.35. The van der Waals surface area contributed by atoms with E-state index in [0.29, 0.717) is 11.6 Å². The highest BCUT2D eigenvalue weighted by molar-refractivity contribution is 5.83. The SMILES string of the molecule is COC(=O)Cc1cc2nc(Nc3ccc(OC(F)(F)F)cc3)n(C3CC(C)(C)CC(C)(C)C3)c2cc1C. The zero-order valence-corrected chi connectivity index (χ0v) is 22.1. The number of hydrogen-bond acceptors (Lipinski definition) is 5. The fourth-order valence-electron chi connectivity index (χ4n) is 6.00. The van der Waals surface area contributed by atoms with Crippen molar-refractivity contribution < 1.29 is 27.4 Å². The molecule has 1 aromatic heterocycles. The highest BCUT2D eigenvalue weighted by Crippen LogP contribution is 2.51. The van der Waals surface area contributed by atoms with Crippen LogP contribution >= 0.6 is 0 Å². The molecule has 0 spiro atoms. The van der Waals surface area contributed by atoms with Crippen LogP contribution in [0.1, 0.15) is 64.1 Å². The smallest absolute Gasteiger partial charge is 0.469 e. The summed E-state index contributed by atoms with van der Waals surface area (Å²) in [5.74, 6) is -0.00445. The Balaban J connectivity index is 1.78. The van der Waals surface area contributed by atoms with Crippen molar-refractivity contribution in [2.75, 3.05) is 12.4 Å². The Kier molecular flexibility index (Phi) is 6.94. The van der Waals surface area contributed by atoms with Crippen molar-refractivity contribution in [1.29, 1.82) is 0 Å². The largest absolute Gasteiger partial charge is 0.573 e. The van der Waals surface area contributed by atoms with E-state index in [4.69, 9.17) is 9.72 Å². The quantitative estimate of drug-likeness (QED) is 0.344. The Morgan fingerprint density at radius 3 is 2.30 bits per heavy atom. The third kappa shape index (κ3) is 6.37. The van der Waals surface area contributed by atoms with Crippen LogP contribution in [0.4, 0.5) is 24.8 Å². The molecule has 2 aromatic carbocycles. The molecule has 1 saturated carbocycles. The molecule has 0 atom stereocenters. The van der Waals surface area contributed by atoms with Gasteiger partial charge in [-0.15, -0.1) is 13.2 Å². The summed E-state index contributed by atoms with van der Waals surface area (Å²) in [5.41, 5.74) is 4.33. The number of benzene rings is 2. The number of nitrogens with one attached hydrogen (secondary N) is 1. The number of fused-ring (bicyclic) bond motifs is 1.